The number of hydrogen-bond donors (Lipinski definition) is 0. The number of hydrogen-bond acceptors (Lipinski definition) is 2. The van der Waals surface area contributed by atoms with Gasteiger partial charge in [0.2, 0.25) is 5.91 Å². The number of carbonyl (C=O) groups is 1. The fourth-order valence-corrected chi connectivity index (χ4v) is 4.09. The largest absolute Gasteiger partial charge is 0.334 e. The second-order valence-corrected chi connectivity index (χ2v) is 7.10. The van der Waals surface area contributed by atoms with Gasteiger partial charge in [-0.05, 0) is 56.5 Å². The van der Waals surface area contributed by atoms with E-state index in [-0.39, 0.29) is 24.3 Å². The summed E-state index contributed by atoms with van der Waals surface area (Å²) < 4.78 is 15.5. The summed E-state index contributed by atoms with van der Waals surface area (Å²) in [6.07, 6.45) is 1.57. The highest BCUT2D eigenvalue weighted by atomic mass is 19.1. The van der Waals surface area contributed by atoms with Crippen molar-refractivity contribution in [1.82, 2.24) is 4.57 Å². The first-order valence-corrected chi connectivity index (χ1v) is 9.09. The van der Waals surface area contributed by atoms with Gasteiger partial charge in [0.25, 0.3) is 0 Å². The summed E-state index contributed by atoms with van der Waals surface area (Å²) in [5, 5.41) is 10.4. The van der Waals surface area contributed by atoms with Crippen LogP contribution in [0.25, 0.3) is 10.9 Å². The second-order valence-electron chi connectivity index (χ2n) is 7.10. The molecule has 4 nitrogen and oxygen atoms in total. The third-order valence-corrected chi connectivity index (χ3v) is 5.48. The van der Waals surface area contributed by atoms with Gasteiger partial charge in [0.1, 0.15) is 18.4 Å². The number of nitriles is 1. The summed E-state index contributed by atoms with van der Waals surface area (Å²) in [6.45, 7) is 4.04. The Morgan fingerprint density at radius 3 is 2.85 bits per heavy atom. The smallest absolute Gasteiger partial charge is 0.247 e. The van der Waals surface area contributed by atoms with Crippen LogP contribution in [0.3, 0.4) is 0 Å². The average molecular weight is 361 g/mol. The highest BCUT2D eigenvalue weighted by Gasteiger charge is 2.29. The van der Waals surface area contributed by atoms with Crippen LogP contribution in [-0.2, 0) is 17.8 Å². The van der Waals surface area contributed by atoms with Crippen molar-refractivity contribution in [3.8, 4) is 6.07 Å². The molecule has 27 heavy (non-hydrogen) atoms. The van der Waals surface area contributed by atoms with Crippen molar-refractivity contribution in [2.75, 3.05) is 4.90 Å². The molecule has 0 radical (unpaired) electrons. The molecule has 136 valence electrons. The Hall–Kier alpha value is -3.13. The highest BCUT2D eigenvalue weighted by Crippen LogP contribution is 2.32. The Balaban J connectivity index is 1.75. The normalized spacial score (nSPS) is 16.2. The van der Waals surface area contributed by atoms with Crippen LogP contribution in [0, 0.1) is 24.1 Å². The van der Waals surface area contributed by atoms with E-state index in [2.05, 4.69) is 6.07 Å². The molecule has 0 aliphatic carbocycles. The molecule has 1 aliphatic rings. The number of aryl methyl sites for hydroxylation is 1. The summed E-state index contributed by atoms with van der Waals surface area (Å²) in [7, 11) is 0. The zero-order valence-electron chi connectivity index (χ0n) is 15.4. The van der Waals surface area contributed by atoms with Crippen molar-refractivity contribution >= 4 is 22.5 Å². The maximum atomic E-state index is 13.6. The topological polar surface area (TPSA) is 49.0 Å². The van der Waals surface area contributed by atoms with Gasteiger partial charge in [-0.25, -0.2) is 4.39 Å². The first-order chi connectivity index (χ1) is 13.0. The van der Waals surface area contributed by atoms with Gasteiger partial charge in [0.15, 0.2) is 0 Å². The van der Waals surface area contributed by atoms with Crippen LogP contribution in [0.2, 0.25) is 0 Å². The Morgan fingerprint density at radius 1 is 1.30 bits per heavy atom. The monoisotopic (exact) mass is 361 g/mol. The molecule has 1 unspecified atom stereocenters. The predicted octanol–water partition coefficient (Wildman–Crippen LogP) is 4.33. The molecule has 1 atom stereocenters. The SMILES string of the molecule is Cc1c(C#N)c2ccccc2n1CC(=O)N1c2ccc(F)cc2CCC1C. The average Bonchev–Trinajstić information content (AvgIpc) is 2.93. The van der Waals surface area contributed by atoms with Crippen molar-refractivity contribution < 1.29 is 9.18 Å². The van der Waals surface area contributed by atoms with Crippen LogP contribution >= 0.6 is 0 Å². The number of halogens is 1. The molecule has 0 spiro atoms. The van der Waals surface area contributed by atoms with Gasteiger partial charge in [0.05, 0.1) is 11.1 Å². The molecule has 1 amide bonds. The molecule has 3 aromatic rings. The fourth-order valence-electron chi connectivity index (χ4n) is 4.09. The summed E-state index contributed by atoms with van der Waals surface area (Å²) in [6, 6.07) is 14.6. The lowest BCUT2D eigenvalue weighted by atomic mass is 9.96. The van der Waals surface area contributed by atoms with E-state index < -0.39 is 0 Å². The van der Waals surface area contributed by atoms with Crippen molar-refractivity contribution in [3.63, 3.8) is 0 Å². The van der Waals surface area contributed by atoms with Gasteiger partial charge in [-0.2, -0.15) is 5.26 Å². The maximum Gasteiger partial charge on any atom is 0.247 e. The van der Waals surface area contributed by atoms with E-state index >= 15 is 0 Å². The van der Waals surface area contributed by atoms with Crippen molar-refractivity contribution in [2.45, 2.75) is 39.3 Å². The molecule has 2 heterocycles. The van der Waals surface area contributed by atoms with Crippen molar-refractivity contribution in [1.29, 1.82) is 5.26 Å². The summed E-state index contributed by atoms with van der Waals surface area (Å²) in [5.41, 5.74) is 3.93. The summed E-state index contributed by atoms with van der Waals surface area (Å²) >= 11 is 0. The van der Waals surface area contributed by atoms with Gasteiger partial charge in [-0.1, -0.05) is 18.2 Å². The quantitative estimate of drug-likeness (QED) is 0.682. The Labute approximate surface area is 157 Å². The molecular formula is C22H20FN3O. The predicted molar refractivity (Wildman–Crippen MR) is 103 cm³/mol. The van der Waals surface area contributed by atoms with Crippen molar-refractivity contribution in [3.05, 3.63) is 65.1 Å². The third-order valence-electron chi connectivity index (χ3n) is 5.48. The molecule has 0 bridgehead atoms. The van der Waals surface area contributed by atoms with Gasteiger partial charge in [-0.15, -0.1) is 0 Å². The number of fused-ring (bicyclic) bond motifs is 2. The lowest BCUT2D eigenvalue weighted by Gasteiger charge is -2.35. The lowest BCUT2D eigenvalue weighted by molar-refractivity contribution is -0.119. The molecule has 4 rings (SSSR count). The molecule has 0 saturated carbocycles. The van der Waals surface area contributed by atoms with E-state index in [9.17, 15) is 14.4 Å². The number of nitrogens with zero attached hydrogens (tertiary/aromatic N) is 3. The number of amides is 1. The minimum Gasteiger partial charge on any atom is -0.334 e. The van der Waals surface area contributed by atoms with E-state index in [0.717, 1.165) is 40.7 Å². The van der Waals surface area contributed by atoms with Crippen LogP contribution < -0.4 is 4.90 Å². The summed E-state index contributed by atoms with van der Waals surface area (Å²) in [4.78, 5) is 15.0. The molecule has 0 fully saturated rings. The second kappa shape index (κ2) is 6.55. The number of benzene rings is 2. The first kappa shape index (κ1) is 17.3. The zero-order valence-corrected chi connectivity index (χ0v) is 15.4. The summed E-state index contributed by atoms with van der Waals surface area (Å²) in [5.74, 6) is -0.329. The molecule has 0 saturated heterocycles. The van der Waals surface area contributed by atoms with E-state index in [1.807, 2.05) is 42.7 Å². The molecule has 1 aliphatic heterocycles. The van der Waals surface area contributed by atoms with Gasteiger partial charge >= 0.3 is 0 Å². The standard InChI is InChI=1S/C22H20FN3O/c1-14-7-8-16-11-17(23)9-10-20(16)26(14)22(27)13-25-15(2)19(12-24)18-5-3-4-6-21(18)25/h3-6,9-11,14H,7-8,13H2,1-2H3. The third kappa shape index (κ3) is 2.78. The molecule has 0 N–H and O–H groups in total. The van der Waals surface area contributed by atoms with Crippen LogP contribution in [0.1, 0.15) is 30.2 Å². The van der Waals surface area contributed by atoms with Gasteiger partial charge < -0.3 is 9.47 Å². The molecule has 5 heteroatoms. The van der Waals surface area contributed by atoms with Crippen molar-refractivity contribution in [2.24, 2.45) is 0 Å². The van der Waals surface area contributed by atoms with E-state index in [1.54, 1.807) is 11.0 Å². The number of aromatic nitrogens is 1. The van der Waals surface area contributed by atoms with Crippen LogP contribution in [-0.4, -0.2) is 16.5 Å². The highest BCUT2D eigenvalue weighted by molar-refractivity contribution is 5.97. The first-order valence-electron chi connectivity index (χ1n) is 9.09. The van der Waals surface area contributed by atoms with Crippen LogP contribution in [0.5, 0.6) is 0 Å². The minimum atomic E-state index is -0.276. The molecule has 2 aromatic carbocycles. The van der Waals surface area contributed by atoms with E-state index in [0.29, 0.717) is 5.56 Å². The van der Waals surface area contributed by atoms with Crippen LogP contribution in [0.15, 0.2) is 42.5 Å². The van der Waals surface area contributed by atoms with Gasteiger partial charge in [0, 0.05) is 22.8 Å². The Morgan fingerprint density at radius 2 is 2.07 bits per heavy atom. The Bertz CT molecular complexity index is 1090. The number of para-hydroxylation sites is 1. The number of rotatable bonds is 2. The minimum absolute atomic E-state index is 0.0491. The molecular weight excluding hydrogens is 341 g/mol. The van der Waals surface area contributed by atoms with E-state index in [4.69, 9.17) is 0 Å². The fraction of sp³-hybridized carbons (Fsp3) is 0.273. The molecule has 1 aromatic heterocycles. The number of carbonyl (C=O) groups excluding carboxylic acids is 1. The Kier molecular flexibility index (Phi) is 4.19. The lowest BCUT2D eigenvalue weighted by Crippen LogP contribution is -2.43. The zero-order chi connectivity index (χ0) is 19.1. The number of anilines is 1. The van der Waals surface area contributed by atoms with Crippen LogP contribution in [0.4, 0.5) is 10.1 Å². The van der Waals surface area contributed by atoms with Gasteiger partial charge in [-0.3, -0.25) is 4.79 Å². The van der Waals surface area contributed by atoms with E-state index in [1.165, 1.54) is 12.1 Å². The maximum absolute atomic E-state index is 13.6.